The maximum atomic E-state index is 12.5. The Labute approximate surface area is 120 Å². The molecule has 0 aliphatic heterocycles. The van der Waals surface area contributed by atoms with Gasteiger partial charge in [-0.1, -0.05) is 0 Å². The van der Waals surface area contributed by atoms with Gasteiger partial charge in [0.05, 0.1) is 19.2 Å². The number of ether oxygens (including phenoxy) is 1. The second kappa shape index (κ2) is 7.62. The molecule has 1 aromatic heterocycles. The zero-order valence-corrected chi connectivity index (χ0v) is 13.3. The first-order valence-corrected chi connectivity index (χ1v) is 7.32. The van der Waals surface area contributed by atoms with E-state index in [2.05, 4.69) is 18.4 Å². The fraction of sp³-hybridized carbons (Fsp3) is 0.643. The molecule has 0 aliphatic rings. The molecule has 0 bridgehead atoms. The number of methoxy groups -OCH3 is 1. The van der Waals surface area contributed by atoms with Gasteiger partial charge in [0.15, 0.2) is 0 Å². The van der Waals surface area contributed by atoms with Crippen molar-refractivity contribution in [2.45, 2.75) is 26.4 Å². The molecule has 5 heteroatoms. The molecule has 0 radical (unpaired) electrons. The molecule has 108 valence electrons. The van der Waals surface area contributed by atoms with Gasteiger partial charge in [-0.3, -0.25) is 9.69 Å². The first-order chi connectivity index (χ1) is 8.97. The third kappa shape index (κ3) is 4.60. The minimum Gasteiger partial charge on any atom is -0.383 e. The van der Waals surface area contributed by atoms with Gasteiger partial charge in [-0.25, -0.2) is 0 Å². The molecule has 0 aromatic carbocycles. The van der Waals surface area contributed by atoms with Crippen molar-refractivity contribution < 1.29 is 9.53 Å². The van der Waals surface area contributed by atoms with Gasteiger partial charge in [0.1, 0.15) is 0 Å². The van der Waals surface area contributed by atoms with Gasteiger partial charge >= 0.3 is 0 Å². The lowest BCUT2D eigenvalue weighted by Gasteiger charge is -2.28. The summed E-state index contributed by atoms with van der Waals surface area (Å²) < 4.78 is 5.11. The number of carbonyl (C=O) groups excluding carboxylic acids is 1. The van der Waals surface area contributed by atoms with E-state index in [0.29, 0.717) is 19.7 Å². The zero-order valence-electron chi connectivity index (χ0n) is 12.5. The van der Waals surface area contributed by atoms with Crippen LogP contribution in [0.1, 0.15) is 17.4 Å². The standard InChI is InChI=1S/C14H24N2O2S/c1-11-6-9-19-13(11)10-16(7-8-18-5)14(17)12(2)15(3)4/h6,9,12H,7-8,10H2,1-5H3/t12-/m1/s1. The van der Waals surface area contributed by atoms with E-state index in [0.717, 1.165) is 0 Å². The van der Waals surface area contributed by atoms with Crippen LogP contribution in [0.25, 0.3) is 0 Å². The van der Waals surface area contributed by atoms with Crippen LogP contribution in [-0.4, -0.2) is 56.1 Å². The topological polar surface area (TPSA) is 32.8 Å². The highest BCUT2D eigenvalue weighted by atomic mass is 32.1. The number of rotatable bonds is 7. The highest BCUT2D eigenvalue weighted by molar-refractivity contribution is 7.10. The van der Waals surface area contributed by atoms with Crippen molar-refractivity contribution in [1.29, 1.82) is 0 Å². The van der Waals surface area contributed by atoms with Crippen LogP contribution in [0.4, 0.5) is 0 Å². The van der Waals surface area contributed by atoms with Crippen LogP contribution in [0.2, 0.25) is 0 Å². The normalized spacial score (nSPS) is 12.7. The van der Waals surface area contributed by atoms with Crippen LogP contribution in [0, 0.1) is 6.92 Å². The number of hydrogen-bond donors (Lipinski definition) is 0. The molecule has 1 amide bonds. The zero-order chi connectivity index (χ0) is 14.4. The van der Waals surface area contributed by atoms with Crippen molar-refractivity contribution >= 4 is 17.2 Å². The van der Waals surface area contributed by atoms with E-state index in [4.69, 9.17) is 4.74 Å². The molecular formula is C14H24N2O2S. The third-order valence-electron chi connectivity index (χ3n) is 3.31. The van der Waals surface area contributed by atoms with Gasteiger partial charge in [-0.05, 0) is 45.0 Å². The van der Waals surface area contributed by atoms with Gasteiger partial charge in [-0.15, -0.1) is 11.3 Å². The monoisotopic (exact) mass is 284 g/mol. The summed E-state index contributed by atoms with van der Waals surface area (Å²) in [6, 6.07) is 1.98. The molecule has 19 heavy (non-hydrogen) atoms. The van der Waals surface area contributed by atoms with Crippen molar-refractivity contribution in [2.24, 2.45) is 0 Å². The number of thiophene rings is 1. The molecular weight excluding hydrogens is 260 g/mol. The number of nitrogens with zero attached hydrogens (tertiary/aromatic N) is 2. The molecule has 0 fully saturated rings. The quantitative estimate of drug-likeness (QED) is 0.767. The maximum Gasteiger partial charge on any atom is 0.240 e. The van der Waals surface area contributed by atoms with Crippen LogP contribution in [0.15, 0.2) is 11.4 Å². The highest BCUT2D eigenvalue weighted by Gasteiger charge is 2.22. The van der Waals surface area contributed by atoms with Crippen molar-refractivity contribution in [3.8, 4) is 0 Å². The summed E-state index contributed by atoms with van der Waals surface area (Å²) in [5.41, 5.74) is 1.25. The number of aryl methyl sites for hydroxylation is 1. The van der Waals surface area contributed by atoms with Gasteiger partial charge in [0, 0.05) is 18.5 Å². The Morgan fingerprint density at radius 1 is 1.47 bits per heavy atom. The van der Waals surface area contributed by atoms with Crippen molar-refractivity contribution in [3.63, 3.8) is 0 Å². The van der Waals surface area contributed by atoms with E-state index < -0.39 is 0 Å². The maximum absolute atomic E-state index is 12.5. The minimum atomic E-state index is -0.114. The summed E-state index contributed by atoms with van der Waals surface area (Å²) in [4.78, 5) is 17.5. The largest absolute Gasteiger partial charge is 0.383 e. The first kappa shape index (κ1) is 16.1. The lowest BCUT2D eigenvalue weighted by atomic mass is 10.2. The number of likely N-dealkylation sites (N-methyl/N-ethyl adjacent to an activating group) is 1. The van der Waals surface area contributed by atoms with Crippen LogP contribution in [0.3, 0.4) is 0 Å². The van der Waals surface area contributed by atoms with Gasteiger partial charge < -0.3 is 9.64 Å². The van der Waals surface area contributed by atoms with E-state index in [1.165, 1.54) is 10.4 Å². The molecule has 0 N–H and O–H groups in total. The summed E-state index contributed by atoms with van der Waals surface area (Å²) in [5, 5.41) is 2.07. The Kier molecular flexibility index (Phi) is 6.48. The van der Waals surface area contributed by atoms with Gasteiger partial charge in [0.2, 0.25) is 5.91 Å². The highest BCUT2D eigenvalue weighted by Crippen LogP contribution is 2.18. The fourth-order valence-electron chi connectivity index (χ4n) is 1.69. The predicted molar refractivity (Wildman–Crippen MR) is 79.5 cm³/mol. The first-order valence-electron chi connectivity index (χ1n) is 6.44. The lowest BCUT2D eigenvalue weighted by molar-refractivity contribution is -0.136. The minimum absolute atomic E-state index is 0.114. The number of carbonyl (C=O) groups is 1. The van der Waals surface area contributed by atoms with Crippen LogP contribution < -0.4 is 0 Å². The van der Waals surface area contributed by atoms with E-state index in [1.807, 2.05) is 30.8 Å². The Hall–Kier alpha value is -0.910. The molecule has 4 nitrogen and oxygen atoms in total. The molecule has 0 aliphatic carbocycles. The molecule has 1 rings (SSSR count). The van der Waals surface area contributed by atoms with Crippen molar-refractivity contribution in [1.82, 2.24) is 9.80 Å². The van der Waals surface area contributed by atoms with E-state index >= 15 is 0 Å². The third-order valence-corrected chi connectivity index (χ3v) is 4.32. The van der Waals surface area contributed by atoms with Crippen LogP contribution in [-0.2, 0) is 16.1 Å². The fourth-order valence-corrected chi connectivity index (χ4v) is 2.61. The Balaban J connectivity index is 2.76. The molecule has 0 saturated carbocycles. The summed E-state index contributed by atoms with van der Waals surface area (Å²) in [6.45, 7) is 5.88. The second-order valence-corrected chi connectivity index (χ2v) is 5.92. The summed E-state index contributed by atoms with van der Waals surface area (Å²) in [6.07, 6.45) is 0. The Morgan fingerprint density at radius 2 is 2.16 bits per heavy atom. The van der Waals surface area contributed by atoms with Crippen LogP contribution >= 0.6 is 11.3 Å². The molecule has 0 unspecified atom stereocenters. The number of amides is 1. The van der Waals surface area contributed by atoms with Gasteiger partial charge in [-0.2, -0.15) is 0 Å². The summed E-state index contributed by atoms with van der Waals surface area (Å²) >= 11 is 1.70. The van der Waals surface area contributed by atoms with Crippen molar-refractivity contribution in [2.75, 3.05) is 34.4 Å². The van der Waals surface area contributed by atoms with E-state index in [-0.39, 0.29) is 11.9 Å². The number of hydrogen-bond acceptors (Lipinski definition) is 4. The Bertz CT molecular complexity index is 404. The SMILES string of the molecule is COCCN(Cc1sccc1C)C(=O)[C@@H](C)N(C)C. The Morgan fingerprint density at radius 3 is 2.63 bits per heavy atom. The molecule has 0 saturated heterocycles. The smallest absolute Gasteiger partial charge is 0.240 e. The predicted octanol–water partition coefficient (Wildman–Crippen LogP) is 1.98. The van der Waals surface area contributed by atoms with E-state index in [1.54, 1.807) is 18.4 Å². The van der Waals surface area contributed by atoms with Crippen molar-refractivity contribution in [3.05, 3.63) is 21.9 Å². The average Bonchev–Trinajstić information content (AvgIpc) is 2.78. The van der Waals surface area contributed by atoms with Gasteiger partial charge in [0.25, 0.3) is 0 Å². The molecule has 1 heterocycles. The van der Waals surface area contributed by atoms with Crippen LogP contribution in [0.5, 0.6) is 0 Å². The van der Waals surface area contributed by atoms with E-state index in [9.17, 15) is 4.79 Å². The second-order valence-electron chi connectivity index (χ2n) is 4.92. The summed E-state index contributed by atoms with van der Waals surface area (Å²) in [5.74, 6) is 0.148. The summed E-state index contributed by atoms with van der Waals surface area (Å²) in [7, 11) is 5.51. The lowest BCUT2D eigenvalue weighted by Crippen LogP contribution is -2.45. The molecule has 1 aromatic rings. The average molecular weight is 284 g/mol. The molecule has 0 spiro atoms. The molecule has 1 atom stereocenters.